The van der Waals surface area contributed by atoms with E-state index in [1.807, 2.05) is 0 Å². The molecule has 21 heavy (non-hydrogen) atoms. The Bertz CT molecular complexity index is 580. The van der Waals surface area contributed by atoms with Crippen LogP contribution in [0.2, 0.25) is 0 Å². The number of piperazine rings is 1. The first-order valence-corrected chi connectivity index (χ1v) is 8.23. The zero-order valence-corrected chi connectivity index (χ0v) is 12.7. The van der Waals surface area contributed by atoms with Crippen molar-refractivity contribution in [2.75, 3.05) is 31.5 Å². The molecule has 1 saturated heterocycles. The van der Waals surface area contributed by atoms with E-state index in [9.17, 15) is 13.2 Å². The molecule has 0 radical (unpaired) electrons. The van der Waals surface area contributed by atoms with Crippen LogP contribution in [0, 0.1) is 0 Å². The molecule has 1 aliphatic rings. The highest BCUT2D eigenvalue weighted by Gasteiger charge is 2.22. The van der Waals surface area contributed by atoms with Crippen LogP contribution in [0.15, 0.2) is 24.3 Å². The molecule has 0 unspecified atom stereocenters. The van der Waals surface area contributed by atoms with Gasteiger partial charge in [-0.05, 0) is 17.7 Å². The van der Waals surface area contributed by atoms with Gasteiger partial charge in [-0.25, -0.2) is 0 Å². The molecule has 1 fully saturated rings. The molecule has 1 aromatic rings. The van der Waals surface area contributed by atoms with Crippen molar-refractivity contribution in [3.05, 3.63) is 29.8 Å². The van der Waals surface area contributed by atoms with Crippen LogP contribution >= 0.6 is 0 Å². The summed E-state index contributed by atoms with van der Waals surface area (Å²) < 4.78 is 28.2. The van der Waals surface area contributed by atoms with Gasteiger partial charge in [-0.15, -0.1) is 0 Å². The third-order valence-corrected chi connectivity index (χ3v) is 4.70. The average molecular weight is 312 g/mol. The molecular weight excluding hydrogens is 292 g/mol. The number of anilines is 1. The van der Waals surface area contributed by atoms with Gasteiger partial charge in [0.15, 0.2) is 0 Å². The van der Waals surface area contributed by atoms with Crippen molar-refractivity contribution in [3.63, 3.8) is 0 Å². The van der Waals surface area contributed by atoms with Crippen molar-refractivity contribution < 1.29 is 13.2 Å². The van der Waals surface area contributed by atoms with Crippen LogP contribution in [0.5, 0.6) is 0 Å². The van der Waals surface area contributed by atoms with E-state index in [-0.39, 0.29) is 12.5 Å². The summed E-state index contributed by atoms with van der Waals surface area (Å²) in [5.74, 6) is -0.137. The van der Waals surface area contributed by atoms with Gasteiger partial charge in [0.1, 0.15) is 0 Å². The minimum Gasteiger partial charge on any atom is -0.326 e. The molecule has 0 spiro atoms. The van der Waals surface area contributed by atoms with Crippen LogP contribution in [0.25, 0.3) is 0 Å². The Balaban J connectivity index is 1.91. The van der Waals surface area contributed by atoms with E-state index in [1.54, 1.807) is 24.3 Å². The maximum atomic E-state index is 12.1. The first-order chi connectivity index (χ1) is 9.97. The maximum absolute atomic E-state index is 12.1. The summed E-state index contributed by atoms with van der Waals surface area (Å²) in [5, 5.41) is 5.78. The quantitative estimate of drug-likeness (QED) is 0.707. The molecule has 1 aromatic carbocycles. The van der Waals surface area contributed by atoms with Crippen LogP contribution < -0.4 is 15.4 Å². The summed E-state index contributed by atoms with van der Waals surface area (Å²) in [5.41, 5.74) is 1.53. The predicted octanol–water partition coefficient (Wildman–Crippen LogP) is -0.115. The average Bonchev–Trinajstić information content (AvgIpc) is 2.47. The van der Waals surface area contributed by atoms with Gasteiger partial charge in [0, 0.05) is 45.3 Å². The number of hydrogen-bond acceptors (Lipinski definition) is 4. The molecule has 0 saturated carbocycles. The summed E-state index contributed by atoms with van der Waals surface area (Å²) >= 11 is 0. The summed E-state index contributed by atoms with van der Waals surface area (Å²) in [6.45, 7) is 3.98. The number of carbonyl (C=O) groups excluding carboxylic acids is 1. The van der Waals surface area contributed by atoms with Crippen LogP contribution in [0.1, 0.15) is 12.5 Å². The Morgan fingerprint density at radius 3 is 2.43 bits per heavy atom. The molecule has 116 valence electrons. The monoisotopic (exact) mass is 312 g/mol. The fourth-order valence-electron chi connectivity index (χ4n) is 2.06. The van der Waals surface area contributed by atoms with Gasteiger partial charge in [0.2, 0.25) is 5.91 Å². The molecule has 0 atom stereocenters. The number of nitrogens with one attached hydrogen (secondary N) is 3. The van der Waals surface area contributed by atoms with Crippen LogP contribution in [-0.4, -0.2) is 44.8 Å². The molecule has 3 N–H and O–H groups in total. The van der Waals surface area contributed by atoms with Crippen LogP contribution in [0.4, 0.5) is 5.69 Å². The lowest BCUT2D eigenvalue weighted by atomic mass is 10.2. The highest BCUT2D eigenvalue weighted by atomic mass is 32.2. The molecule has 0 bridgehead atoms. The largest absolute Gasteiger partial charge is 0.326 e. The second kappa shape index (κ2) is 6.99. The lowest BCUT2D eigenvalue weighted by molar-refractivity contribution is -0.114. The number of rotatable bonds is 5. The SMILES string of the molecule is CC(=O)Nc1ccc(CNS(=O)(=O)N2CCNCC2)cc1. The Morgan fingerprint density at radius 1 is 1.24 bits per heavy atom. The minimum absolute atomic E-state index is 0.137. The molecular formula is C13H20N4O3S. The Hall–Kier alpha value is -1.48. The van der Waals surface area contributed by atoms with Crippen molar-refractivity contribution >= 4 is 21.8 Å². The van der Waals surface area contributed by atoms with Gasteiger partial charge in [-0.1, -0.05) is 12.1 Å². The molecule has 1 heterocycles. The van der Waals surface area contributed by atoms with Gasteiger partial charge in [-0.2, -0.15) is 17.4 Å². The van der Waals surface area contributed by atoms with Crippen molar-refractivity contribution in [2.24, 2.45) is 0 Å². The van der Waals surface area contributed by atoms with E-state index in [0.29, 0.717) is 31.9 Å². The predicted molar refractivity (Wildman–Crippen MR) is 80.9 cm³/mol. The molecule has 8 heteroatoms. The molecule has 1 aliphatic heterocycles. The summed E-state index contributed by atoms with van der Waals surface area (Å²) in [4.78, 5) is 10.9. The van der Waals surface area contributed by atoms with E-state index < -0.39 is 10.2 Å². The van der Waals surface area contributed by atoms with Crippen LogP contribution in [-0.2, 0) is 21.5 Å². The van der Waals surface area contributed by atoms with Gasteiger partial charge in [0.25, 0.3) is 10.2 Å². The maximum Gasteiger partial charge on any atom is 0.279 e. The molecule has 2 rings (SSSR count). The third-order valence-electron chi connectivity index (χ3n) is 3.15. The fourth-order valence-corrected chi connectivity index (χ4v) is 3.25. The van der Waals surface area contributed by atoms with Gasteiger partial charge in [-0.3, -0.25) is 4.79 Å². The lowest BCUT2D eigenvalue weighted by Crippen LogP contribution is -2.50. The number of benzene rings is 1. The number of hydrogen-bond donors (Lipinski definition) is 3. The molecule has 0 aliphatic carbocycles. The third kappa shape index (κ3) is 4.78. The standard InChI is InChI=1S/C13H20N4O3S/c1-11(18)16-13-4-2-12(3-5-13)10-15-21(19,20)17-8-6-14-7-9-17/h2-5,14-15H,6-10H2,1H3,(H,16,18). The molecule has 7 nitrogen and oxygen atoms in total. The van der Waals surface area contributed by atoms with Crippen LogP contribution in [0.3, 0.4) is 0 Å². The van der Waals surface area contributed by atoms with Gasteiger partial charge >= 0.3 is 0 Å². The van der Waals surface area contributed by atoms with E-state index in [4.69, 9.17) is 0 Å². The molecule has 0 aromatic heterocycles. The zero-order valence-electron chi connectivity index (χ0n) is 11.9. The van der Waals surface area contributed by atoms with Crippen molar-refractivity contribution in [1.29, 1.82) is 0 Å². The van der Waals surface area contributed by atoms with E-state index in [2.05, 4.69) is 15.4 Å². The van der Waals surface area contributed by atoms with E-state index in [0.717, 1.165) is 5.56 Å². The number of carbonyl (C=O) groups is 1. The normalized spacial score (nSPS) is 16.6. The molecule has 1 amide bonds. The highest BCUT2D eigenvalue weighted by Crippen LogP contribution is 2.10. The summed E-state index contributed by atoms with van der Waals surface area (Å²) in [7, 11) is -3.44. The van der Waals surface area contributed by atoms with E-state index >= 15 is 0 Å². The summed E-state index contributed by atoms with van der Waals surface area (Å²) in [6, 6.07) is 7.06. The fraction of sp³-hybridized carbons (Fsp3) is 0.462. The van der Waals surface area contributed by atoms with Crippen molar-refractivity contribution in [2.45, 2.75) is 13.5 Å². The van der Waals surface area contributed by atoms with Gasteiger partial charge in [0.05, 0.1) is 0 Å². The first kappa shape index (κ1) is 15.9. The number of nitrogens with zero attached hydrogens (tertiary/aromatic N) is 1. The van der Waals surface area contributed by atoms with Crippen molar-refractivity contribution in [3.8, 4) is 0 Å². The van der Waals surface area contributed by atoms with Crippen molar-refractivity contribution in [1.82, 2.24) is 14.3 Å². The minimum atomic E-state index is -3.44. The van der Waals surface area contributed by atoms with E-state index in [1.165, 1.54) is 11.2 Å². The number of amides is 1. The summed E-state index contributed by atoms with van der Waals surface area (Å²) in [6.07, 6.45) is 0. The lowest BCUT2D eigenvalue weighted by Gasteiger charge is -2.26. The van der Waals surface area contributed by atoms with Gasteiger partial charge < -0.3 is 10.6 Å². The Morgan fingerprint density at radius 2 is 1.86 bits per heavy atom. The Kier molecular flexibility index (Phi) is 5.29. The second-order valence-corrected chi connectivity index (χ2v) is 6.61. The highest BCUT2D eigenvalue weighted by molar-refractivity contribution is 7.87. The smallest absolute Gasteiger partial charge is 0.279 e. The zero-order chi connectivity index (χ0) is 15.3. The second-order valence-electron chi connectivity index (χ2n) is 4.85. The first-order valence-electron chi connectivity index (χ1n) is 6.79. The topological polar surface area (TPSA) is 90.5 Å². The Labute approximate surface area is 124 Å².